The second-order valence-electron chi connectivity index (χ2n) is 6.60. The van der Waals surface area contributed by atoms with E-state index in [0.29, 0.717) is 31.6 Å². The van der Waals surface area contributed by atoms with Crippen molar-refractivity contribution in [3.05, 3.63) is 40.4 Å². The van der Waals surface area contributed by atoms with E-state index in [2.05, 4.69) is 0 Å². The summed E-state index contributed by atoms with van der Waals surface area (Å²) >= 11 is 0. The van der Waals surface area contributed by atoms with Crippen LogP contribution in [0.2, 0.25) is 0 Å². The Morgan fingerprint density at radius 1 is 1.14 bits per heavy atom. The Balaban J connectivity index is 2.38. The van der Waals surface area contributed by atoms with Gasteiger partial charge < -0.3 is 14.4 Å². The Kier molecular flexibility index (Phi) is 7.62. The van der Waals surface area contributed by atoms with Crippen LogP contribution in [-0.4, -0.2) is 51.6 Å². The monoisotopic (exact) mass is 409 g/mol. The number of benzene rings is 1. The molecule has 0 N–H and O–H groups in total. The molecule has 1 aromatic rings. The van der Waals surface area contributed by atoms with E-state index in [4.69, 9.17) is 9.47 Å². The SMILES string of the molecule is CCOC(=O)/C(=C1/CCCN1CCCOC(C)=O)S(=O)(=O)c1ccc(C)cc1. The zero-order valence-corrected chi connectivity index (χ0v) is 17.4. The molecule has 0 aromatic heterocycles. The highest BCUT2D eigenvalue weighted by molar-refractivity contribution is 7.96. The van der Waals surface area contributed by atoms with Crippen LogP contribution in [0.3, 0.4) is 0 Å². The fraction of sp³-hybridized carbons (Fsp3) is 0.500. The Hall–Kier alpha value is -2.35. The minimum atomic E-state index is -4.02. The van der Waals surface area contributed by atoms with Crippen LogP contribution in [0.25, 0.3) is 0 Å². The first-order valence-corrected chi connectivity index (χ1v) is 10.9. The third-order valence-corrected chi connectivity index (χ3v) is 6.26. The Morgan fingerprint density at radius 3 is 2.43 bits per heavy atom. The lowest BCUT2D eigenvalue weighted by Crippen LogP contribution is -2.27. The summed E-state index contributed by atoms with van der Waals surface area (Å²) < 4.78 is 36.5. The topological polar surface area (TPSA) is 90.0 Å². The minimum Gasteiger partial charge on any atom is -0.466 e. The molecule has 2 rings (SSSR count). The van der Waals surface area contributed by atoms with Crippen LogP contribution in [0, 0.1) is 6.92 Å². The van der Waals surface area contributed by atoms with Gasteiger partial charge in [-0.05, 0) is 45.2 Å². The van der Waals surface area contributed by atoms with Crippen LogP contribution in [0.15, 0.2) is 39.8 Å². The highest BCUT2D eigenvalue weighted by Gasteiger charge is 2.35. The van der Waals surface area contributed by atoms with Crippen LogP contribution in [0.1, 0.15) is 38.7 Å². The van der Waals surface area contributed by atoms with Crippen molar-refractivity contribution in [3.8, 4) is 0 Å². The maximum Gasteiger partial charge on any atom is 0.351 e. The first kappa shape index (κ1) is 21.9. The molecule has 0 bridgehead atoms. The van der Waals surface area contributed by atoms with Crippen molar-refractivity contribution in [2.45, 2.75) is 44.9 Å². The molecule has 1 heterocycles. The lowest BCUT2D eigenvalue weighted by atomic mass is 10.2. The van der Waals surface area contributed by atoms with E-state index in [1.54, 1.807) is 19.1 Å². The average molecular weight is 410 g/mol. The lowest BCUT2D eigenvalue weighted by Gasteiger charge is -2.22. The van der Waals surface area contributed by atoms with Crippen molar-refractivity contribution in [1.82, 2.24) is 4.90 Å². The number of carbonyl (C=O) groups is 2. The number of ether oxygens (including phenoxy) is 2. The number of rotatable bonds is 8. The predicted octanol–water partition coefficient (Wildman–Crippen LogP) is 2.59. The van der Waals surface area contributed by atoms with E-state index in [-0.39, 0.29) is 29.0 Å². The summed E-state index contributed by atoms with van der Waals surface area (Å²) in [6.07, 6.45) is 1.77. The molecule has 1 aliphatic heterocycles. The predicted molar refractivity (Wildman–Crippen MR) is 104 cm³/mol. The van der Waals surface area contributed by atoms with Crippen LogP contribution in [-0.2, 0) is 28.9 Å². The van der Waals surface area contributed by atoms with Gasteiger partial charge in [-0.1, -0.05) is 17.7 Å². The largest absolute Gasteiger partial charge is 0.466 e. The standard InChI is InChI=1S/C20H27NO6S/c1-4-26-20(23)19(28(24,25)17-10-8-15(2)9-11-17)18-7-5-12-21(18)13-6-14-27-16(3)22/h8-11H,4-7,12-14H2,1-3H3/b19-18+. The molecular weight excluding hydrogens is 382 g/mol. The summed E-state index contributed by atoms with van der Waals surface area (Å²) in [5, 5.41) is 0. The van der Waals surface area contributed by atoms with Gasteiger partial charge in [0, 0.05) is 25.7 Å². The van der Waals surface area contributed by atoms with Crippen molar-refractivity contribution in [3.63, 3.8) is 0 Å². The molecule has 0 spiro atoms. The van der Waals surface area contributed by atoms with Crippen molar-refractivity contribution < 1.29 is 27.5 Å². The molecule has 0 aliphatic carbocycles. The van der Waals surface area contributed by atoms with Gasteiger partial charge in [-0.3, -0.25) is 4.79 Å². The number of hydrogen-bond donors (Lipinski definition) is 0. The van der Waals surface area contributed by atoms with E-state index in [1.807, 2.05) is 11.8 Å². The number of hydrogen-bond acceptors (Lipinski definition) is 7. The number of sulfone groups is 1. The lowest BCUT2D eigenvalue weighted by molar-refractivity contribution is -0.141. The normalized spacial score (nSPS) is 16.0. The molecule has 0 saturated carbocycles. The van der Waals surface area contributed by atoms with Gasteiger partial charge in [-0.2, -0.15) is 0 Å². The highest BCUT2D eigenvalue weighted by atomic mass is 32.2. The Labute approximate surface area is 166 Å². The average Bonchev–Trinajstić information content (AvgIpc) is 3.07. The summed E-state index contributed by atoms with van der Waals surface area (Å²) in [6.45, 7) is 6.32. The molecule has 0 unspecified atom stereocenters. The number of allylic oxidation sites excluding steroid dienone is 1. The zero-order valence-electron chi connectivity index (χ0n) is 16.6. The molecule has 1 aromatic carbocycles. The van der Waals surface area contributed by atoms with Crippen molar-refractivity contribution in [2.75, 3.05) is 26.3 Å². The third kappa shape index (κ3) is 5.34. The number of esters is 2. The summed E-state index contributed by atoms with van der Waals surface area (Å²) in [6, 6.07) is 6.41. The first-order valence-electron chi connectivity index (χ1n) is 9.37. The molecule has 0 radical (unpaired) electrons. The van der Waals surface area contributed by atoms with Gasteiger partial charge in [0.05, 0.1) is 18.1 Å². The second kappa shape index (κ2) is 9.73. The van der Waals surface area contributed by atoms with Gasteiger partial charge in [0.15, 0.2) is 4.91 Å². The number of nitrogens with zero attached hydrogens (tertiary/aromatic N) is 1. The minimum absolute atomic E-state index is 0.0698. The first-order chi connectivity index (χ1) is 13.3. The molecule has 8 heteroatoms. The summed E-state index contributed by atoms with van der Waals surface area (Å²) in [5.41, 5.74) is 1.40. The highest BCUT2D eigenvalue weighted by Crippen LogP contribution is 2.31. The molecule has 28 heavy (non-hydrogen) atoms. The second-order valence-corrected chi connectivity index (χ2v) is 8.48. The van der Waals surface area contributed by atoms with Crippen LogP contribution < -0.4 is 0 Å². The van der Waals surface area contributed by atoms with Crippen molar-refractivity contribution in [2.24, 2.45) is 0 Å². The summed E-state index contributed by atoms with van der Waals surface area (Å²) in [5.74, 6) is -1.18. The van der Waals surface area contributed by atoms with Gasteiger partial charge >= 0.3 is 11.9 Å². The molecule has 154 valence electrons. The number of carbonyl (C=O) groups excluding carboxylic acids is 2. The summed E-state index contributed by atoms with van der Waals surface area (Å²) in [7, 11) is -4.02. The molecule has 0 amide bonds. The maximum absolute atomic E-state index is 13.3. The van der Waals surface area contributed by atoms with Crippen LogP contribution >= 0.6 is 0 Å². The van der Waals surface area contributed by atoms with E-state index < -0.39 is 15.8 Å². The molecule has 1 aliphatic rings. The van der Waals surface area contributed by atoms with Crippen LogP contribution in [0.5, 0.6) is 0 Å². The fourth-order valence-corrected chi connectivity index (χ4v) is 4.67. The fourth-order valence-electron chi connectivity index (χ4n) is 3.12. The van der Waals surface area contributed by atoms with E-state index in [0.717, 1.165) is 12.0 Å². The van der Waals surface area contributed by atoms with E-state index in [9.17, 15) is 18.0 Å². The van der Waals surface area contributed by atoms with Gasteiger partial charge in [0.1, 0.15) is 0 Å². The molecule has 7 nitrogen and oxygen atoms in total. The number of aryl methyl sites for hydroxylation is 1. The third-order valence-electron chi connectivity index (χ3n) is 4.42. The van der Waals surface area contributed by atoms with Gasteiger partial charge in [-0.25, -0.2) is 13.2 Å². The quantitative estimate of drug-likeness (QED) is 0.370. The van der Waals surface area contributed by atoms with E-state index in [1.165, 1.54) is 19.1 Å². The van der Waals surface area contributed by atoms with Gasteiger partial charge in [0.2, 0.25) is 9.84 Å². The molecular formula is C20H27NO6S. The smallest absolute Gasteiger partial charge is 0.351 e. The molecule has 0 atom stereocenters. The van der Waals surface area contributed by atoms with Gasteiger partial charge in [0.25, 0.3) is 0 Å². The van der Waals surface area contributed by atoms with Crippen molar-refractivity contribution in [1.29, 1.82) is 0 Å². The molecule has 1 saturated heterocycles. The van der Waals surface area contributed by atoms with Gasteiger partial charge in [-0.15, -0.1) is 0 Å². The number of likely N-dealkylation sites (tertiary alicyclic amines) is 1. The Morgan fingerprint density at radius 2 is 1.82 bits per heavy atom. The molecule has 1 fully saturated rings. The van der Waals surface area contributed by atoms with Crippen LogP contribution in [0.4, 0.5) is 0 Å². The summed E-state index contributed by atoms with van der Waals surface area (Å²) in [4.78, 5) is 25.2. The Bertz CT molecular complexity index is 842. The van der Waals surface area contributed by atoms with E-state index >= 15 is 0 Å². The zero-order chi connectivity index (χ0) is 20.7. The maximum atomic E-state index is 13.3. The van der Waals surface area contributed by atoms with Crippen molar-refractivity contribution >= 4 is 21.8 Å².